The van der Waals surface area contributed by atoms with Crippen molar-refractivity contribution in [2.75, 3.05) is 0 Å². The number of ketones is 1. The summed E-state index contributed by atoms with van der Waals surface area (Å²) in [4.78, 5) is 15.9. The first kappa shape index (κ1) is 8.87. The molecule has 0 unspecified atom stereocenters. The maximum atomic E-state index is 11.2. The van der Waals surface area contributed by atoms with Crippen LogP contribution in [0.3, 0.4) is 0 Å². The van der Waals surface area contributed by atoms with Crippen LogP contribution in [0.2, 0.25) is 0 Å². The molecule has 0 atom stereocenters. The smallest absolute Gasteiger partial charge is 0.174 e. The van der Waals surface area contributed by atoms with Crippen LogP contribution < -0.4 is 0 Å². The second-order valence-electron chi connectivity index (χ2n) is 2.15. The number of rotatable bonds is 3. The number of Topliss-reactive ketones (excluding diaryl/α,β-unsaturated/α-hetero) is 1. The largest absolute Gasteiger partial charge is 0.293 e. The van der Waals surface area contributed by atoms with Gasteiger partial charge < -0.3 is 0 Å². The number of hydrogen-bond donors (Lipinski definition) is 0. The lowest BCUT2D eigenvalue weighted by Crippen LogP contribution is -1.93. The van der Waals surface area contributed by atoms with Gasteiger partial charge in [0.25, 0.3) is 0 Å². The first-order valence-electron chi connectivity index (χ1n) is 3.38. The van der Waals surface area contributed by atoms with Crippen LogP contribution in [0, 0.1) is 0 Å². The summed E-state index contributed by atoms with van der Waals surface area (Å²) in [6, 6.07) is 0. The standard InChI is InChI=1S/C7H8BrNOS/c1-2-3-5(10)6-4-9-7(8)11-6/h4H,2-3H2,1H3. The highest BCUT2D eigenvalue weighted by molar-refractivity contribution is 9.11. The molecule has 1 aromatic rings. The molecule has 4 heteroatoms. The molecule has 0 saturated heterocycles. The molecule has 0 saturated carbocycles. The van der Waals surface area contributed by atoms with Gasteiger partial charge in [0.05, 0.1) is 11.1 Å². The molecule has 0 fully saturated rings. The third kappa shape index (κ3) is 2.38. The summed E-state index contributed by atoms with van der Waals surface area (Å²) in [7, 11) is 0. The van der Waals surface area contributed by atoms with Crippen LogP contribution in [0.25, 0.3) is 0 Å². The second kappa shape index (κ2) is 3.97. The van der Waals surface area contributed by atoms with Crippen molar-refractivity contribution in [1.82, 2.24) is 4.98 Å². The number of carbonyl (C=O) groups is 1. The predicted octanol–water partition coefficient (Wildman–Crippen LogP) is 2.89. The molecule has 0 radical (unpaired) electrons. The topological polar surface area (TPSA) is 30.0 Å². The molecule has 0 spiro atoms. The monoisotopic (exact) mass is 233 g/mol. The molecular weight excluding hydrogens is 226 g/mol. The number of thiazole rings is 1. The minimum absolute atomic E-state index is 0.190. The number of hydrogen-bond acceptors (Lipinski definition) is 3. The van der Waals surface area contributed by atoms with E-state index < -0.39 is 0 Å². The molecule has 11 heavy (non-hydrogen) atoms. The first-order chi connectivity index (χ1) is 5.24. The van der Waals surface area contributed by atoms with Crippen molar-refractivity contribution in [3.8, 4) is 0 Å². The zero-order valence-corrected chi connectivity index (χ0v) is 8.54. The van der Waals surface area contributed by atoms with Crippen LogP contribution in [0.4, 0.5) is 0 Å². The van der Waals surface area contributed by atoms with E-state index in [0.717, 1.165) is 15.2 Å². The highest BCUT2D eigenvalue weighted by Gasteiger charge is 2.07. The van der Waals surface area contributed by atoms with Crippen molar-refractivity contribution in [1.29, 1.82) is 0 Å². The third-order valence-electron chi connectivity index (χ3n) is 1.23. The molecule has 0 aliphatic carbocycles. The van der Waals surface area contributed by atoms with Crippen LogP contribution in [-0.4, -0.2) is 10.8 Å². The van der Waals surface area contributed by atoms with Gasteiger partial charge in [-0.05, 0) is 22.4 Å². The summed E-state index contributed by atoms with van der Waals surface area (Å²) in [5.41, 5.74) is 0. The zero-order chi connectivity index (χ0) is 8.27. The summed E-state index contributed by atoms with van der Waals surface area (Å²) >= 11 is 4.60. The van der Waals surface area contributed by atoms with Crippen molar-refractivity contribution >= 4 is 33.0 Å². The van der Waals surface area contributed by atoms with Gasteiger partial charge in [0, 0.05) is 6.42 Å². The Bertz CT molecular complexity index is 259. The molecule has 0 aromatic carbocycles. The van der Waals surface area contributed by atoms with Gasteiger partial charge in [-0.2, -0.15) is 0 Å². The molecule has 1 aromatic heterocycles. The van der Waals surface area contributed by atoms with Gasteiger partial charge in [-0.3, -0.25) is 4.79 Å². The molecule has 2 nitrogen and oxygen atoms in total. The summed E-state index contributed by atoms with van der Waals surface area (Å²) in [6.45, 7) is 1.99. The maximum Gasteiger partial charge on any atom is 0.174 e. The Morgan fingerprint density at radius 1 is 1.82 bits per heavy atom. The van der Waals surface area contributed by atoms with Crippen LogP contribution in [0.1, 0.15) is 29.4 Å². The summed E-state index contributed by atoms with van der Waals surface area (Å²) < 4.78 is 0.775. The highest BCUT2D eigenvalue weighted by Crippen LogP contribution is 2.19. The van der Waals surface area contributed by atoms with Gasteiger partial charge in [0.15, 0.2) is 9.70 Å². The zero-order valence-electron chi connectivity index (χ0n) is 6.13. The van der Waals surface area contributed by atoms with E-state index in [1.165, 1.54) is 11.3 Å². The van der Waals surface area contributed by atoms with Crippen LogP contribution in [0.5, 0.6) is 0 Å². The van der Waals surface area contributed by atoms with E-state index >= 15 is 0 Å². The van der Waals surface area contributed by atoms with E-state index in [-0.39, 0.29) is 5.78 Å². The van der Waals surface area contributed by atoms with Crippen molar-refractivity contribution < 1.29 is 4.79 Å². The molecule has 0 aliphatic rings. The van der Waals surface area contributed by atoms with Gasteiger partial charge in [-0.15, -0.1) is 11.3 Å². The molecule has 60 valence electrons. The van der Waals surface area contributed by atoms with Crippen molar-refractivity contribution in [2.45, 2.75) is 19.8 Å². The minimum atomic E-state index is 0.190. The lowest BCUT2D eigenvalue weighted by Gasteiger charge is -1.89. The van der Waals surface area contributed by atoms with E-state index in [4.69, 9.17) is 0 Å². The lowest BCUT2D eigenvalue weighted by molar-refractivity contribution is 0.0985. The Labute approximate surface area is 77.8 Å². The molecule has 0 aliphatic heterocycles. The normalized spacial score (nSPS) is 10.0. The quantitative estimate of drug-likeness (QED) is 0.752. The van der Waals surface area contributed by atoms with Gasteiger partial charge in [0.2, 0.25) is 0 Å². The number of nitrogens with zero attached hydrogens (tertiary/aromatic N) is 1. The fourth-order valence-electron chi connectivity index (χ4n) is 0.732. The van der Waals surface area contributed by atoms with E-state index in [2.05, 4.69) is 20.9 Å². The molecule has 1 rings (SSSR count). The SMILES string of the molecule is CCCC(=O)c1cnc(Br)s1. The Hall–Kier alpha value is -0.220. The molecule has 0 N–H and O–H groups in total. The van der Waals surface area contributed by atoms with Crippen molar-refractivity contribution in [2.24, 2.45) is 0 Å². The van der Waals surface area contributed by atoms with E-state index in [9.17, 15) is 4.79 Å². The van der Waals surface area contributed by atoms with E-state index in [0.29, 0.717) is 6.42 Å². The molecule has 0 amide bonds. The lowest BCUT2D eigenvalue weighted by atomic mass is 10.2. The minimum Gasteiger partial charge on any atom is -0.293 e. The molecular formula is C7H8BrNOS. The van der Waals surface area contributed by atoms with Crippen LogP contribution in [0.15, 0.2) is 10.1 Å². The highest BCUT2D eigenvalue weighted by atomic mass is 79.9. The van der Waals surface area contributed by atoms with Gasteiger partial charge in [-0.1, -0.05) is 6.92 Å². The third-order valence-corrected chi connectivity index (χ3v) is 2.75. The summed E-state index contributed by atoms with van der Waals surface area (Å²) in [5.74, 6) is 0.190. The van der Waals surface area contributed by atoms with Gasteiger partial charge in [-0.25, -0.2) is 4.98 Å². The van der Waals surface area contributed by atoms with Crippen molar-refractivity contribution in [3.63, 3.8) is 0 Å². The molecule has 0 bridgehead atoms. The average molecular weight is 234 g/mol. The summed E-state index contributed by atoms with van der Waals surface area (Å²) in [6.07, 6.45) is 3.13. The summed E-state index contributed by atoms with van der Waals surface area (Å²) in [5, 5.41) is 0. The van der Waals surface area contributed by atoms with Gasteiger partial charge in [0.1, 0.15) is 0 Å². The predicted molar refractivity (Wildman–Crippen MR) is 49.1 cm³/mol. The second-order valence-corrected chi connectivity index (χ2v) is 4.46. The van der Waals surface area contributed by atoms with E-state index in [1.807, 2.05) is 6.92 Å². The molecule has 1 heterocycles. The van der Waals surface area contributed by atoms with Crippen molar-refractivity contribution in [3.05, 3.63) is 15.0 Å². The van der Waals surface area contributed by atoms with Crippen LogP contribution in [-0.2, 0) is 0 Å². The maximum absolute atomic E-state index is 11.2. The number of halogens is 1. The first-order valence-corrected chi connectivity index (χ1v) is 4.99. The van der Waals surface area contributed by atoms with E-state index in [1.54, 1.807) is 6.20 Å². The number of carbonyl (C=O) groups excluding carboxylic acids is 1. The van der Waals surface area contributed by atoms with Crippen LogP contribution >= 0.6 is 27.3 Å². The Morgan fingerprint density at radius 3 is 3.00 bits per heavy atom. The number of aromatic nitrogens is 1. The average Bonchev–Trinajstić information content (AvgIpc) is 2.36. The Morgan fingerprint density at radius 2 is 2.55 bits per heavy atom. The Kier molecular flexibility index (Phi) is 3.20. The fourth-order valence-corrected chi connectivity index (χ4v) is 1.97. The Balaban J connectivity index is 2.69. The van der Waals surface area contributed by atoms with Gasteiger partial charge >= 0.3 is 0 Å². The fraction of sp³-hybridized carbons (Fsp3) is 0.429.